The monoisotopic (exact) mass is 156 g/mol. The molecular weight excluding hydrogens is 144 g/mol. The van der Waals surface area contributed by atoms with E-state index in [-0.39, 0.29) is 6.10 Å². The largest absolute Gasteiger partial charge is 0.369 e. The van der Waals surface area contributed by atoms with Gasteiger partial charge in [0.2, 0.25) is 0 Å². The van der Waals surface area contributed by atoms with Crippen molar-refractivity contribution in [1.82, 2.24) is 10.1 Å². The molecule has 1 atom stereocenters. The molecule has 1 rings (SSSR count). The number of aromatic nitrogens is 2. The third-order valence-electron chi connectivity index (χ3n) is 1.30. The van der Waals surface area contributed by atoms with Crippen LogP contribution in [0.25, 0.3) is 0 Å². The van der Waals surface area contributed by atoms with Gasteiger partial charge >= 0.3 is 0 Å². The van der Waals surface area contributed by atoms with Gasteiger partial charge in [0.15, 0.2) is 6.33 Å². The first-order valence-electron chi connectivity index (χ1n) is 3.72. The van der Waals surface area contributed by atoms with Gasteiger partial charge in [-0.05, 0) is 13.3 Å². The molecule has 1 heterocycles. The lowest BCUT2D eigenvalue weighted by molar-refractivity contribution is 0.0433. The van der Waals surface area contributed by atoms with Crippen LogP contribution >= 0.6 is 0 Å². The molecule has 62 valence electrons. The lowest BCUT2D eigenvalue weighted by Gasteiger charge is -2.05. The Morgan fingerprint density at radius 2 is 2.55 bits per heavy atom. The molecule has 0 fully saturated rings. The summed E-state index contributed by atoms with van der Waals surface area (Å²) in [4.78, 5) is 3.87. The van der Waals surface area contributed by atoms with E-state index < -0.39 is 0 Å². The van der Waals surface area contributed by atoms with Crippen LogP contribution in [0.15, 0.2) is 10.9 Å². The molecular formula is C7H12N2O2. The Balaban J connectivity index is 2.36. The first-order chi connectivity index (χ1) is 5.34. The minimum Gasteiger partial charge on any atom is -0.369 e. The molecule has 4 heteroatoms. The predicted molar refractivity (Wildman–Crippen MR) is 39.0 cm³/mol. The van der Waals surface area contributed by atoms with Crippen molar-refractivity contribution in [3.8, 4) is 0 Å². The zero-order chi connectivity index (χ0) is 8.10. The fourth-order valence-electron chi connectivity index (χ4n) is 0.727. The van der Waals surface area contributed by atoms with Crippen LogP contribution in [0.1, 0.15) is 32.3 Å². The van der Waals surface area contributed by atoms with Crippen molar-refractivity contribution >= 4 is 0 Å². The van der Waals surface area contributed by atoms with E-state index in [0.29, 0.717) is 5.89 Å². The molecule has 1 aromatic heterocycles. The molecule has 0 aliphatic carbocycles. The molecule has 1 aromatic rings. The van der Waals surface area contributed by atoms with Crippen LogP contribution in [-0.4, -0.2) is 16.7 Å². The summed E-state index contributed by atoms with van der Waals surface area (Å²) >= 11 is 0. The molecule has 0 amide bonds. The van der Waals surface area contributed by atoms with Crippen LogP contribution in [-0.2, 0) is 4.74 Å². The summed E-state index contributed by atoms with van der Waals surface area (Å²) in [5.41, 5.74) is 0. The van der Waals surface area contributed by atoms with E-state index in [0.717, 1.165) is 13.0 Å². The highest BCUT2D eigenvalue weighted by Crippen LogP contribution is 2.12. The summed E-state index contributed by atoms with van der Waals surface area (Å²) in [6.07, 6.45) is 2.29. The lowest BCUT2D eigenvalue weighted by atomic mass is 10.4. The molecule has 0 spiro atoms. The molecule has 0 saturated carbocycles. The van der Waals surface area contributed by atoms with Gasteiger partial charge in [0.1, 0.15) is 6.10 Å². The Morgan fingerprint density at radius 1 is 1.73 bits per heavy atom. The second kappa shape index (κ2) is 4.08. The second-order valence-electron chi connectivity index (χ2n) is 2.29. The zero-order valence-electron chi connectivity index (χ0n) is 6.78. The fraction of sp³-hybridized carbons (Fsp3) is 0.714. The molecule has 0 bridgehead atoms. The molecule has 4 nitrogen and oxygen atoms in total. The van der Waals surface area contributed by atoms with Gasteiger partial charge in [0, 0.05) is 6.61 Å². The number of hydrogen-bond acceptors (Lipinski definition) is 4. The third-order valence-corrected chi connectivity index (χ3v) is 1.30. The van der Waals surface area contributed by atoms with Crippen LogP contribution in [0.2, 0.25) is 0 Å². The third kappa shape index (κ3) is 2.31. The average molecular weight is 156 g/mol. The number of hydrogen-bond donors (Lipinski definition) is 0. The normalized spacial score (nSPS) is 13.3. The Hall–Kier alpha value is -0.900. The summed E-state index contributed by atoms with van der Waals surface area (Å²) in [5.74, 6) is 0.540. The summed E-state index contributed by atoms with van der Waals surface area (Å²) in [6, 6.07) is 0. The van der Waals surface area contributed by atoms with E-state index in [9.17, 15) is 0 Å². The van der Waals surface area contributed by atoms with Crippen molar-refractivity contribution in [3.63, 3.8) is 0 Å². The van der Waals surface area contributed by atoms with E-state index in [2.05, 4.69) is 17.1 Å². The van der Waals surface area contributed by atoms with Gasteiger partial charge in [-0.2, -0.15) is 4.98 Å². The lowest BCUT2D eigenvalue weighted by Crippen LogP contribution is -2.00. The van der Waals surface area contributed by atoms with Gasteiger partial charge in [0.05, 0.1) is 0 Å². The van der Waals surface area contributed by atoms with Crippen LogP contribution in [0, 0.1) is 0 Å². The molecule has 0 aliphatic heterocycles. The topological polar surface area (TPSA) is 48.2 Å². The van der Waals surface area contributed by atoms with Crippen LogP contribution < -0.4 is 0 Å². The van der Waals surface area contributed by atoms with E-state index >= 15 is 0 Å². The molecule has 0 aliphatic rings. The van der Waals surface area contributed by atoms with Crippen molar-refractivity contribution < 1.29 is 9.26 Å². The Bertz CT molecular complexity index is 186. The Morgan fingerprint density at radius 3 is 3.09 bits per heavy atom. The van der Waals surface area contributed by atoms with Gasteiger partial charge in [0.25, 0.3) is 5.89 Å². The molecule has 0 N–H and O–H groups in total. The van der Waals surface area contributed by atoms with Crippen LogP contribution in [0.5, 0.6) is 0 Å². The first-order valence-corrected chi connectivity index (χ1v) is 3.72. The maximum absolute atomic E-state index is 5.34. The summed E-state index contributed by atoms with van der Waals surface area (Å²) < 4.78 is 10.1. The number of ether oxygens (including phenoxy) is 1. The van der Waals surface area contributed by atoms with Gasteiger partial charge in [-0.15, -0.1) is 0 Å². The Kier molecular flexibility index (Phi) is 3.04. The summed E-state index contributed by atoms with van der Waals surface area (Å²) in [6.45, 7) is 4.67. The molecule has 0 unspecified atom stereocenters. The van der Waals surface area contributed by atoms with E-state index in [4.69, 9.17) is 9.26 Å². The molecule has 0 aromatic carbocycles. The molecule has 0 radical (unpaired) electrons. The maximum Gasteiger partial charge on any atom is 0.255 e. The van der Waals surface area contributed by atoms with Gasteiger partial charge < -0.3 is 9.26 Å². The van der Waals surface area contributed by atoms with Gasteiger partial charge in [-0.1, -0.05) is 12.1 Å². The number of rotatable bonds is 4. The van der Waals surface area contributed by atoms with Crippen molar-refractivity contribution in [2.45, 2.75) is 26.4 Å². The highest BCUT2D eigenvalue weighted by Gasteiger charge is 2.09. The van der Waals surface area contributed by atoms with Gasteiger partial charge in [-0.3, -0.25) is 0 Å². The number of nitrogens with zero attached hydrogens (tertiary/aromatic N) is 2. The Labute approximate surface area is 65.6 Å². The summed E-state index contributed by atoms with van der Waals surface area (Å²) in [7, 11) is 0. The zero-order valence-corrected chi connectivity index (χ0v) is 6.78. The van der Waals surface area contributed by atoms with E-state index in [1.54, 1.807) is 0 Å². The molecule has 0 saturated heterocycles. The van der Waals surface area contributed by atoms with Crippen molar-refractivity contribution in [1.29, 1.82) is 0 Å². The minimum atomic E-state index is -0.0857. The maximum atomic E-state index is 5.34. The van der Waals surface area contributed by atoms with Crippen LogP contribution in [0.3, 0.4) is 0 Å². The van der Waals surface area contributed by atoms with Crippen LogP contribution in [0.4, 0.5) is 0 Å². The predicted octanol–water partition coefficient (Wildman–Crippen LogP) is 1.56. The van der Waals surface area contributed by atoms with Crippen molar-refractivity contribution in [2.24, 2.45) is 0 Å². The second-order valence-corrected chi connectivity index (χ2v) is 2.29. The highest BCUT2D eigenvalue weighted by atomic mass is 16.5. The average Bonchev–Trinajstić information content (AvgIpc) is 2.52. The van der Waals surface area contributed by atoms with Crippen molar-refractivity contribution in [3.05, 3.63) is 12.2 Å². The van der Waals surface area contributed by atoms with Crippen molar-refractivity contribution in [2.75, 3.05) is 6.61 Å². The highest BCUT2D eigenvalue weighted by molar-refractivity contribution is 4.78. The van der Waals surface area contributed by atoms with E-state index in [1.165, 1.54) is 6.33 Å². The van der Waals surface area contributed by atoms with E-state index in [1.807, 2.05) is 6.92 Å². The molecule has 11 heavy (non-hydrogen) atoms. The summed E-state index contributed by atoms with van der Waals surface area (Å²) in [5, 5.41) is 3.49. The smallest absolute Gasteiger partial charge is 0.255 e. The standard InChI is InChI=1S/C7H12N2O2/c1-3-4-10-6(2)7-8-5-9-11-7/h5-6H,3-4H2,1-2H3/t6-/m0/s1. The minimum absolute atomic E-state index is 0.0857. The SMILES string of the molecule is CCCO[C@@H](C)c1ncno1. The quantitative estimate of drug-likeness (QED) is 0.663. The van der Waals surface area contributed by atoms with Gasteiger partial charge in [-0.25, -0.2) is 0 Å². The first kappa shape index (κ1) is 8.20. The fourth-order valence-corrected chi connectivity index (χ4v) is 0.727.